The molecule has 0 aromatic carbocycles. The number of carboxylic acid groups (broad SMARTS) is 1. The molecule has 62 valence electrons. The van der Waals surface area contributed by atoms with E-state index in [0.717, 1.165) is 0 Å². The van der Waals surface area contributed by atoms with Gasteiger partial charge in [-0.05, 0) is 13.3 Å². The first kappa shape index (κ1) is 9.68. The molecule has 0 aliphatic rings. The average Bonchev–Trinajstić information content (AvgIpc) is 1.88. The summed E-state index contributed by atoms with van der Waals surface area (Å²) in [6.45, 7) is 3.07. The molecule has 0 bridgehead atoms. The SMILES string of the molecule is CC/C(C(=O)O)=C(/C)C(N)=O. The Morgan fingerprint density at radius 2 is 1.91 bits per heavy atom. The molecule has 3 N–H and O–H groups in total. The summed E-state index contributed by atoms with van der Waals surface area (Å²) in [6.07, 6.45) is 0.310. The number of amides is 1. The zero-order valence-electron chi connectivity index (χ0n) is 6.55. The minimum atomic E-state index is -1.08. The fourth-order valence-electron chi connectivity index (χ4n) is 0.726. The lowest BCUT2D eigenvalue weighted by Crippen LogP contribution is -2.16. The smallest absolute Gasteiger partial charge is 0.332 e. The van der Waals surface area contributed by atoms with Gasteiger partial charge in [-0.25, -0.2) is 4.79 Å². The lowest BCUT2D eigenvalue weighted by molar-refractivity contribution is -0.133. The fourth-order valence-corrected chi connectivity index (χ4v) is 0.726. The van der Waals surface area contributed by atoms with Crippen LogP contribution in [-0.4, -0.2) is 17.0 Å². The minimum absolute atomic E-state index is 0.0810. The van der Waals surface area contributed by atoms with E-state index < -0.39 is 11.9 Å². The summed E-state index contributed by atoms with van der Waals surface area (Å²) >= 11 is 0. The fraction of sp³-hybridized carbons (Fsp3) is 0.429. The molecule has 0 aromatic rings. The van der Waals surface area contributed by atoms with Crippen LogP contribution in [0.5, 0.6) is 0 Å². The molecule has 0 saturated heterocycles. The normalized spacial score (nSPS) is 12.2. The van der Waals surface area contributed by atoms with E-state index in [-0.39, 0.29) is 11.1 Å². The van der Waals surface area contributed by atoms with Crippen LogP contribution in [0, 0.1) is 0 Å². The molecular formula is C7H11NO3. The van der Waals surface area contributed by atoms with Gasteiger partial charge in [0.2, 0.25) is 5.91 Å². The number of carbonyl (C=O) groups excluding carboxylic acids is 1. The van der Waals surface area contributed by atoms with E-state index in [2.05, 4.69) is 0 Å². The van der Waals surface area contributed by atoms with Gasteiger partial charge in [-0.3, -0.25) is 4.79 Å². The quantitative estimate of drug-likeness (QED) is 0.577. The van der Waals surface area contributed by atoms with Gasteiger partial charge in [0.05, 0.1) is 0 Å². The maximum atomic E-state index is 10.5. The second-order valence-electron chi connectivity index (χ2n) is 2.13. The van der Waals surface area contributed by atoms with Crippen molar-refractivity contribution in [1.82, 2.24) is 0 Å². The number of hydrogen-bond acceptors (Lipinski definition) is 2. The maximum absolute atomic E-state index is 10.5. The van der Waals surface area contributed by atoms with Crippen molar-refractivity contribution in [2.24, 2.45) is 5.73 Å². The average molecular weight is 157 g/mol. The predicted octanol–water partition coefficient (Wildman–Crippen LogP) is 0.283. The Bertz CT molecular complexity index is 218. The van der Waals surface area contributed by atoms with Crippen LogP contribution in [0.1, 0.15) is 20.3 Å². The molecule has 1 amide bonds. The van der Waals surface area contributed by atoms with Crippen LogP contribution in [0.25, 0.3) is 0 Å². The Labute approximate surface area is 64.7 Å². The highest BCUT2D eigenvalue weighted by molar-refractivity contribution is 6.00. The zero-order chi connectivity index (χ0) is 9.02. The molecule has 0 rings (SSSR count). The molecule has 0 spiro atoms. The van der Waals surface area contributed by atoms with Gasteiger partial charge in [-0.2, -0.15) is 0 Å². The van der Waals surface area contributed by atoms with E-state index in [0.29, 0.717) is 6.42 Å². The monoisotopic (exact) mass is 157 g/mol. The predicted molar refractivity (Wildman–Crippen MR) is 39.8 cm³/mol. The minimum Gasteiger partial charge on any atom is -0.478 e. The van der Waals surface area contributed by atoms with Crippen LogP contribution < -0.4 is 5.73 Å². The highest BCUT2D eigenvalue weighted by atomic mass is 16.4. The summed E-state index contributed by atoms with van der Waals surface area (Å²) in [5, 5.41) is 8.53. The van der Waals surface area contributed by atoms with Crippen LogP contribution in [0.4, 0.5) is 0 Å². The molecule has 0 unspecified atom stereocenters. The largest absolute Gasteiger partial charge is 0.478 e. The van der Waals surface area contributed by atoms with Crippen molar-refractivity contribution in [3.05, 3.63) is 11.1 Å². The third-order valence-corrected chi connectivity index (χ3v) is 1.43. The van der Waals surface area contributed by atoms with Crippen LogP contribution in [-0.2, 0) is 9.59 Å². The van der Waals surface area contributed by atoms with Crippen molar-refractivity contribution >= 4 is 11.9 Å². The zero-order valence-corrected chi connectivity index (χ0v) is 6.55. The van der Waals surface area contributed by atoms with Gasteiger partial charge in [-0.1, -0.05) is 6.92 Å². The highest BCUT2D eigenvalue weighted by Crippen LogP contribution is 2.07. The summed E-state index contributed by atoms with van der Waals surface area (Å²) in [4.78, 5) is 20.9. The Hall–Kier alpha value is -1.32. The summed E-state index contributed by atoms with van der Waals surface area (Å²) in [6, 6.07) is 0. The number of rotatable bonds is 3. The van der Waals surface area contributed by atoms with Crippen LogP contribution >= 0.6 is 0 Å². The first-order valence-electron chi connectivity index (χ1n) is 3.23. The standard InChI is InChI=1S/C7H11NO3/c1-3-5(7(10)11)4(2)6(8)9/h3H2,1-2H3,(H2,8,9)(H,10,11)/b5-4+. The van der Waals surface area contributed by atoms with E-state index in [9.17, 15) is 9.59 Å². The molecular weight excluding hydrogens is 146 g/mol. The van der Waals surface area contributed by atoms with Crippen molar-refractivity contribution in [1.29, 1.82) is 0 Å². The summed E-state index contributed by atoms with van der Waals surface area (Å²) in [5.41, 5.74) is 5.10. The third-order valence-electron chi connectivity index (χ3n) is 1.43. The molecule has 4 nitrogen and oxygen atoms in total. The molecule has 0 heterocycles. The van der Waals surface area contributed by atoms with E-state index >= 15 is 0 Å². The summed E-state index contributed by atoms with van der Waals surface area (Å²) in [7, 11) is 0. The van der Waals surface area contributed by atoms with Crippen molar-refractivity contribution in [2.45, 2.75) is 20.3 Å². The number of hydrogen-bond donors (Lipinski definition) is 2. The lowest BCUT2D eigenvalue weighted by atomic mass is 10.1. The lowest BCUT2D eigenvalue weighted by Gasteiger charge is -2.00. The van der Waals surface area contributed by atoms with E-state index in [1.165, 1.54) is 6.92 Å². The van der Waals surface area contributed by atoms with E-state index in [1.54, 1.807) is 6.92 Å². The van der Waals surface area contributed by atoms with Gasteiger partial charge in [0.25, 0.3) is 0 Å². The van der Waals surface area contributed by atoms with Gasteiger partial charge in [-0.15, -0.1) is 0 Å². The second kappa shape index (κ2) is 3.75. The molecule has 0 aliphatic carbocycles. The van der Waals surface area contributed by atoms with E-state index in [4.69, 9.17) is 10.8 Å². The first-order chi connectivity index (χ1) is 5.00. The summed E-state index contributed by atoms with van der Waals surface area (Å²) < 4.78 is 0. The van der Waals surface area contributed by atoms with Crippen molar-refractivity contribution in [2.75, 3.05) is 0 Å². The van der Waals surface area contributed by atoms with Gasteiger partial charge < -0.3 is 10.8 Å². The Morgan fingerprint density at radius 3 is 2.00 bits per heavy atom. The maximum Gasteiger partial charge on any atom is 0.332 e. The van der Waals surface area contributed by atoms with Gasteiger partial charge in [0.15, 0.2) is 0 Å². The number of nitrogens with two attached hydrogens (primary N) is 1. The molecule has 11 heavy (non-hydrogen) atoms. The number of carbonyl (C=O) groups is 2. The first-order valence-corrected chi connectivity index (χ1v) is 3.23. The molecule has 4 heteroatoms. The topological polar surface area (TPSA) is 80.4 Å². The van der Waals surface area contributed by atoms with Crippen molar-refractivity contribution in [3.8, 4) is 0 Å². The molecule has 0 fully saturated rings. The van der Waals surface area contributed by atoms with Crippen LogP contribution in [0.3, 0.4) is 0 Å². The molecule has 0 saturated carbocycles. The van der Waals surface area contributed by atoms with Gasteiger partial charge >= 0.3 is 5.97 Å². The second-order valence-corrected chi connectivity index (χ2v) is 2.13. The number of primary amides is 1. The number of carboxylic acids is 1. The van der Waals surface area contributed by atoms with Crippen molar-refractivity contribution < 1.29 is 14.7 Å². The Kier molecular flexibility index (Phi) is 3.30. The van der Waals surface area contributed by atoms with Crippen LogP contribution in [0.2, 0.25) is 0 Å². The molecule has 0 radical (unpaired) electrons. The molecule has 0 aliphatic heterocycles. The Balaban J connectivity index is 4.83. The van der Waals surface area contributed by atoms with E-state index in [1.807, 2.05) is 0 Å². The summed E-state index contributed by atoms with van der Waals surface area (Å²) in [5.74, 6) is -1.76. The van der Waals surface area contributed by atoms with Gasteiger partial charge in [0.1, 0.15) is 0 Å². The van der Waals surface area contributed by atoms with Gasteiger partial charge in [0, 0.05) is 11.1 Å². The highest BCUT2D eigenvalue weighted by Gasteiger charge is 2.11. The van der Waals surface area contributed by atoms with Crippen molar-refractivity contribution in [3.63, 3.8) is 0 Å². The number of aliphatic carboxylic acids is 1. The Morgan fingerprint density at radius 1 is 1.45 bits per heavy atom. The molecule has 0 atom stereocenters. The van der Waals surface area contributed by atoms with Crippen LogP contribution in [0.15, 0.2) is 11.1 Å². The molecule has 0 aromatic heterocycles. The third kappa shape index (κ3) is 2.41.